The standard InChI is InChI=1S/C13H14ClN5O2/c1-2-13(5-20)4-7(3-8(13)21)19-6-16-9-10(15)17-12(14)18-11(9)19/h1,6-8,20-21H,3-5H2,(H2,15,17,18)/t7-,8-,13+/m1/s1. The van der Waals surface area contributed by atoms with Gasteiger partial charge in [0.15, 0.2) is 11.5 Å². The number of terminal acetylenes is 1. The van der Waals surface area contributed by atoms with Crippen molar-refractivity contribution in [3.63, 3.8) is 0 Å². The lowest BCUT2D eigenvalue weighted by Crippen LogP contribution is -2.31. The van der Waals surface area contributed by atoms with Crippen LogP contribution >= 0.6 is 11.6 Å². The van der Waals surface area contributed by atoms with Crippen molar-refractivity contribution in [3.05, 3.63) is 11.6 Å². The lowest BCUT2D eigenvalue weighted by Gasteiger charge is -2.23. The summed E-state index contributed by atoms with van der Waals surface area (Å²) in [6, 6.07) is -0.140. The van der Waals surface area contributed by atoms with Crippen LogP contribution in [-0.4, -0.2) is 42.4 Å². The summed E-state index contributed by atoms with van der Waals surface area (Å²) in [5, 5.41) is 19.7. The first kappa shape index (κ1) is 14.1. The molecule has 1 saturated carbocycles. The van der Waals surface area contributed by atoms with Gasteiger partial charge in [0.1, 0.15) is 5.52 Å². The largest absolute Gasteiger partial charge is 0.395 e. The Morgan fingerprint density at radius 2 is 2.33 bits per heavy atom. The molecule has 0 saturated heterocycles. The van der Waals surface area contributed by atoms with E-state index in [4.69, 9.17) is 23.8 Å². The molecule has 3 rings (SSSR count). The van der Waals surface area contributed by atoms with Crippen LogP contribution in [0, 0.1) is 17.8 Å². The minimum absolute atomic E-state index is 0.0330. The molecule has 110 valence electrons. The van der Waals surface area contributed by atoms with Crippen LogP contribution in [0.3, 0.4) is 0 Å². The smallest absolute Gasteiger partial charge is 0.226 e. The van der Waals surface area contributed by atoms with E-state index in [1.54, 1.807) is 10.9 Å². The Labute approximate surface area is 125 Å². The van der Waals surface area contributed by atoms with E-state index in [9.17, 15) is 10.2 Å². The molecule has 8 heteroatoms. The maximum Gasteiger partial charge on any atom is 0.226 e. The summed E-state index contributed by atoms with van der Waals surface area (Å²) in [5.74, 6) is 2.72. The third-order valence-corrected chi connectivity index (χ3v) is 4.29. The van der Waals surface area contributed by atoms with Crippen molar-refractivity contribution in [2.75, 3.05) is 12.3 Å². The number of hydrogen-bond acceptors (Lipinski definition) is 6. The van der Waals surface area contributed by atoms with Crippen molar-refractivity contribution < 1.29 is 10.2 Å². The van der Waals surface area contributed by atoms with Crippen LogP contribution in [0.5, 0.6) is 0 Å². The molecule has 4 N–H and O–H groups in total. The molecule has 2 heterocycles. The molecule has 2 aromatic heterocycles. The van der Waals surface area contributed by atoms with Crippen LogP contribution < -0.4 is 5.73 Å². The summed E-state index contributed by atoms with van der Waals surface area (Å²) in [4.78, 5) is 12.2. The molecule has 0 spiro atoms. The number of nitrogens with zero attached hydrogens (tertiary/aromatic N) is 4. The highest BCUT2D eigenvalue weighted by Gasteiger charge is 2.46. The fourth-order valence-corrected chi connectivity index (χ4v) is 3.05. The number of nitrogen functional groups attached to an aromatic ring is 1. The molecule has 21 heavy (non-hydrogen) atoms. The minimum Gasteiger partial charge on any atom is -0.395 e. The summed E-state index contributed by atoms with van der Waals surface area (Å²) >= 11 is 5.83. The third kappa shape index (κ3) is 2.03. The zero-order valence-electron chi connectivity index (χ0n) is 11.1. The quantitative estimate of drug-likeness (QED) is 0.546. The Balaban J connectivity index is 2.05. The lowest BCUT2D eigenvalue weighted by atomic mass is 9.86. The number of hydrogen-bond donors (Lipinski definition) is 3. The molecule has 0 amide bonds. The number of halogens is 1. The second kappa shape index (κ2) is 4.84. The summed E-state index contributed by atoms with van der Waals surface area (Å²) in [5.41, 5.74) is 5.78. The van der Waals surface area contributed by atoms with E-state index in [2.05, 4.69) is 20.9 Å². The van der Waals surface area contributed by atoms with Gasteiger partial charge in [-0.3, -0.25) is 0 Å². The summed E-state index contributed by atoms with van der Waals surface area (Å²) in [6.45, 7) is -0.272. The summed E-state index contributed by atoms with van der Waals surface area (Å²) < 4.78 is 1.78. The van der Waals surface area contributed by atoms with Crippen molar-refractivity contribution in [1.82, 2.24) is 19.5 Å². The third-order valence-electron chi connectivity index (χ3n) is 4.12. The average molecular weight is 308 g/mol. The van der Waals surface area contributed by atoms with Crippen LogP contribution in [0.25, 0.3) is 11.2 Å². The highest BCUT2D eigenvalue weighted by atomic mass is 35.5. The number of aromatic nitrogens is 4. The predicted octanol–water partition coefficient (Wildman–Crippen LogP) is 0.370. The molecule has 7 nitrogen and oxygen atoms in total. The molecule has 0 bridgehead atoms. The Morgan fingerprint density at radius 3 is 2.95 bits per heavy atom. The first-order chi connectivity index (χ1) is 10.0. The van der Waals surface area contributed by atoms with Gasteiger partial charge in [0.05, 0.1) is 24.5 Å². The molecule has 1 fully saturated rings. The van der Waals surface area contributed by atoms with E-state index < -0.39 is 11.5 Å². The van der Waals surface area contributed by atoms with Crippen molar-refractivity contribution in [2.45, 2.75) is 25.0 Å². The van der Waals surface area contributed by atoms with Gasteiger partial charge >= 0.3 is 0 Å². The summed E-state index contributed by atoms with van der Waals surface area (Å²) in [7, 11) is 0. The molecule has 1 aliphatic rings. The Morgan fingerprint density at radius 1 is 1.57 bits per heavy atom. The van der Waals surface area contributed by atoms with E-state index in [1.165, 1.54) is 0 Å². The topological polar surface area (TPSA) is 110 Å². The van der Waals surface area contributed by atoms with E-state index in [0.717, 1.165) is 0 Å². The first-order valence-electron chi connectivity index (χ1n) is 6.43. The molecule has 0 radical (unpaired) electrons. The van der Waals surface area contributed by atoms with Gasteiger partial charge in [-0.15, -0.1) is 6.42 Å². The molecule has 0 unspecified atom stereocenters. The monoisotopic (exact) mass is 307 g/mol. The molecule has 2 aromatic rings. The van der Waals surface area contributed by atoms with Gasteiger partial charge < -0.3 is 20.5 Å². The second-order valence-corrected chi connectivity index (χ2v) is 5.61. The molecule has 0 aliphatic heterocycles. The maximum absolute atomic E-state index is 10.2. The maximum atomic E-state index is 10.2. The van der Waals surface area contributed by atoms with Crippen LogP contribution in [-0.2, 0) is 0 Å². The van der Waals surface area contributed by atoms with Gasteiger partial charge in [-0.2, -0.15) is 9.97 Å². The Kier molecular flexibility index (Phi) is 3.24. The van der Waals surface area contributed by atoms with Crippen molar-refractivity contribution in [2.24, 2.45) is 5.41 Å². The zero-order valence-corrected chi connectivity index (χ0v) is 11.8. The molecule has 0 aromatic carbocycles. The van der Waals surface area contributed by atoms with Gasteiger partial charge in [-0.25, -0.2) is 4.98 Å². The number of imidazole rings is 1. The molecular weight excluding hydrogens is 294 g/mol. The number of rotatable bonds is 2. The number of fused-ring (bicyclic) bond motifs is 1. The van der Waals surface area contributed by atoms with Crippen molar-refractivity contribution >= 4 is 28.6 Å². The molecule has 3 atom stereocenters. The number of aliphatic hydroxyl groups is 2. The van der Waals surface area contributed by atoms with Crippen LogP contribution in [0.2, 0.25) is 5.28 Å². The van der Waals surface area contributed by atoms with Crippen molar-refractivity contribution in [1.29, 1.82) is 0 Å². The molecular formula is C13H14ClN5O2. The van der Waals surface area contributed by atoms with Gasteiger partial charge in [0.2, 0.25) is 5.28 Å². The predicted molar refractivity (Wildman–Crippen MR) is 77.4 cm³/mol. The van der Waals surface area contributed by atoms with Crippen molar-refractivity contribution in [3.8, 4) is 12.3 Å². The second-order valence-electron chi connectivity index (χ2n) is 5.27. The highest BCUT2D eigenvalue weighted by Crippen LogP contribution is 2.44. The van der Waals surface area contributed by atoms with Gasteiger partial charge in [0.25, 0.3) is 0 Å². The minimum atomic E-state index is -0.941. The van der Waals surface area contributed by atoms with Gasteiger partial charge in [-0.05, 0) is 24.4 Å². The number of anilines is 1. The van der Waals surface area contributed by atoms with E-state index >= 15 is 0 Å². The van der Waals surface area contributed by atoms with E-state index in [-0.39, 0.29) is 23.8 Å². The van der Waals surface area contributed by atoms with E-state index in [0.29, 0.717) is 24.0 Å². The fourth-order valence-electron chi connectivity index (χ4n) is 2.88. The zero-order chi connectivity index (χ0) is 15.2. The average Bonchev–Trinajstić information content (AvgIpc) is 3.00. The Hall–Kier alpha value is -1.88. The van der Waals surface area contributed by atoms with Crippen LogP contribution in [0.1, 0.15) is 18.9 Å². The highest BCUT2D eigenvalue weighted by molar-refractivity contribution is 6.28. The number of aliphatic hydroxyl groups excluding tert-OH is 2. The molecule has 1 aliphatic carbocycles. The van der Waals surface area contributed by atoms with Gasteiger partial charge in [-0.1, -0.05) is 5.92 Å². The first-order valence-corrected chi connectivity index (χ1v) is 6.81. The van der Waals surface area contributed by atoms with Gasteiger partial charge in [0, 0.05) is 6.04 Å². The lowest BCUT2D eigenvalue weighted by molar-refractivity contribution is 0.0475. The normalized spacial score (nSPS) is 28.9. The summed E-state index contributed by atoms with van der Waals surface area (Å²) in [6.07, 6.45) is 7.10. The fraction of sp³-hybridized carbons (Fsp3) is 0.462. The van der Waals surface area contributed by atoms with Crippen LogP contribution in [0.4, 0.5) is 5.82 Å². The SMILES string of the molecule is C#C[C@@]1(CO)C[C@H](n2cnc3c(N)nc(Cl)nc32)C[C@H]1O. The number of nitrogens with two attached hydrogens (primary N) is 1. The van der Waals surface area contributed by atoms with Crippen LogP contribution in [0.15, 0.2) is 6.33 Å². The Bertz CT molecular complexity index is 740. The van der Waals surface area contributed by atoms with E-state index in [1.807, 2.05) is 0 Å².